The van der Waals surface area contributed by atoms with Crippen LogP contribution in [0.5, 0.6) is 0 Å². The first-order chi connectivity index (χ1) is 17.9. The van der Waals surface area contributed by atoms with Gasteiger partial charge in [-0.3, -0.25) is 10.2 Å². The van der Waals surface area contributed by atoms with Gasteiger partial charge in [0.25, 0.3) is 5.91 Å². The second-order valence-electron chi connectivity index (χ2n) is 9.57. The first-order valence-electron chi connectivity index (χ1n) is 12.4. The first-order valence-corrected chi connectivity index (χ1v) is 13.3. The second-order valence-corrected chi connectivity index (χ2v) is 10.4. The first kappa shape index (κ1) is 24.7. The highest BCUT2D eigenvalue weighted by Crippen LogP contribution is 2.22. The molecule has 0 saturated heterocycles. The lowest BCUT2D eigenvalue weighted by molar-refractivity contribution is 0.0950. The summed E-state index contributed by atoms with van der Waals surface area (Å²) in [6.45, 7) is 7.02. The second kappa shape index (κ2) is 10.6. The number of aromatic nitrogens is 3. The molecule has 2 N–H and O–H groups in total. The lowest BCUT2D eigenvalue weighted by Crippen LogP contribution is -2.37. The Hall–Kier alpha value is -3.97. The summed E-state index contributed by atoms with van der Waals surface area (Å²) in [7, 11) is 0. The molecule has 0 spiro atoms. The molecule has 188 valence electrons. The normalized spacial score (nSPS) is 12.1. The fourth-order valence-electron chi connectivity index (χ4n) is 4.72. The van der Waals surface area contributed by atoms with Crippen molar-refractivity contribution in [3.63, 3.8) is 0 Å². The molecule has 2 aromatic heterocycles. The number of amides is 1. The number of hydrogen-bond acceptors (Lipinski definition) is 4. The number of hydrogen-bond donors (Lipinski definition) is 2. The van der Waals surface area contributed by atoms with Gasteiger partial charge in [0.15, 0.2) is 0 Å². The summed E-state index contributed by atoms with van der Waals surface area (Å²) in [5.41, 5.74) is 9.58. The number of carbonyl (C=O) groups is 1. The third-order valence-corrected chi connectivity index (χ3v) is 7.71. The summed E-state index contributed by atoms with van der Waals surface area (Å²) >= 11 is 1.35. The van der Waals surface area contributed by atoms with E-state index < -0.39 is 0 Å². The third kappa shape index (κ3) is 5.27. The van der Waals surface area contributed by atoms with E-state index >= 15 is 0 Å². The van der Waals surface area contributed by atoms with Crippen LogP contribution in [0.4, 0.5) is 0 Å². The number of benzene rings is 3. The Morgan fingerprint density at radius 3 is 2.16 bits per heavy atom. The van der Waals surface area contributed by atoms with Gasteiger partial charge in [0, 0.05) is 6.54 Å². The predicted octanol–water partition coefficient (Wildman–Crippen LogP) is 5.57. The molecule has 1 unspecified atom stereocenters. The molecule has 7 heteroatoms. The molecule has 37 heavy (non-hydrogen) atoms. The van der Waals surface area contributed by atoms with Crippen LogP contribution in [0.2, 0.25) is 0 Å². The van der Waals surface area contributed by atoms with Gasteiger partial charge in [-0.05, 0) is 50.5 Å². The maximum atomic E-state index is 13.0. The SMILES string of the molecule is Cc1ccc(CC(CNC(=O)c2scnc2C)n2c(=N)n(Cc3ccc(C)cc3)c3ccccc32)cc1. The molecular formula is C30H31N5OS. The van der Waals surface area contributed by atoms with Crippen molar-refractivity contribution in [3.8, 4) is 0 Å². The zero-order valence-electron chi connectivity index (χ0n) is 21.4. The van der Waals surface area contributed by atoms with Gasteiger partial charge >= 0.3 is 0 Å². The average Bonchev–Trinajstić information content (AvgIpc) is 3.45. The third-order valence-electron chi connectivity index (χ3n) is 6.78. The van der Waals surface area contributed by atoms with Gasteiger partial charge in [-0.25, -0.2) is 4.98 Å². The lowest BCUT2D eigenvalue weighted by Gasteiger charge is -2.21. The average molecular weight is 510 g/mol. The van der Waals surface area contributed by atoms with Crippen LogP contribution < -0.4 is 10.9 Å². The van der Waals surface area contributed by atoms with Gasteiger partial charge in [0.2, 0.25) is 5.62 Å². The predicted molar refractivity (Wildman–Crippen MR) is 149 cm³/mol. The number of nitrogens with zero attached hydrogens (tertiary/aromatic N) is 3. The number of thiazole rings is 1. The fourth-order valence-corrected chi connectivity index (χ4v) is 5.44. The Morgan fingerprint density at radius 1 is 0.919 bits per heavy atom. The number of aryl methyl sites for hydroxylation is 3. The van der Waals surface area contributed by atoms with E-state index in [1.165, 1.54) is 28.0 Å². The van der Waals surface area contributed by atoms with E-state index in [4.69, 9.17) is 0 Å². The van der Waals surface area contributed by atoms with E-state index in [0.717, 1.165) is 22.3 Å². The summed E-state index contributed by atoms with van der Waals surface area (Å²) in [4.78, 5) is 17.8. The highest BCUT2D eigenvalue weighted by molar-refractivity contribution is 7.11. The van der Waals surface area contributed by atoms with Crippen molar-refractivity contribution in [3.05, 3.63) is 117 Å². The molecule has 6 nitrogen and oxygen atoms in total. The van der Waals surface area contributed by atoms with Gasteiger partial charge in [-0.15, -0.1) is 11.3 Å². The van der Waals surface area contributed by atoms with E-state index in [2.05, 4.69) is 93.9 Å². The smallest absolute Gasteiger partial charge is 0.263 e. The molecule has 0 fully saturated rings. The molecule has 5 rings (SSSR count). The maximum Gasteiger partial charge on any atom is 0.263 e. The van der Waals surface area contributed by atoms with E-state index in [1.54, 1.807) is 5.51 Å². The van der Waals surface area contributed by atoms with E-state index in [-0.39, 0.29) is 11.9 Å². The van der Waals surface area contributed by atoms with Crippen molar-refractivity contribution in [1.82, 2.24) is 19.4 Å². The van der Waals surface area contributed by atoms with Crippen LogP contribution in [0.25, 0.3) is 11.0 Å². The summed E-state index contributed by atoms with van der Waals surface area (Å²) < 4.78 is 4.13. The van der Waals surface area contributed by atoms with Crippen molar-refractivity contribution >= 4 is 28.3 Å². The largest absolute Gasteiger partial charge is 0.349 e. The number of imidazole rings is 1. The lowest BCUT2D eigenvalue weighted by atomic mass is 10.0. The molecule has 3 aromatic carbocycles. The van der Waals surface area contributed by atoms with Gasteiger partial charge < -0.3 is 14.5 Å². The zero-order chi connectivity index (χ0) is 25.9. The minimum Gasteiger partial charge on any atom is -0.349 e. The van der Waals surface area contributed by atoms with Gasteiger partial charge in [0.05, 0.1) is 34.8 Å². The Labute approximate surface area is 220 Å². The molecule has 5 aromatic rings. The topological polar surface area (TPSA) is 75.7 Å². The molecule has 0 bridgehead atoms. The van der Waals surface area contributed by atoms with Crippen LogP contribution in [0.15, 0.2) is 78.3 Å². The van der Waals surface area contributed by atoms with Crippen molar-refractivity contribution in [2.75, 3.05) is 6.54 Å². The molecule has 2 heterocycles. The van der Waals surface area contributed by atoms with Gasteiger partial charge in [-0.2, -0.15) is 0 Å². The van der Waals surface area contributed by atoms with Crippen LogP contribution in [-0.4, -0.2) is 26.6 Å². The van der Waals surface area contributed by atoms with Crippen LogP contribution >= 0.6 is 11.3 Å². The Kier molecular flexibility index (Phi) is 7.06. The fraction of sp³-hybridized carbons (Fsp3) is 0.233. The van der Waals surface area contributed by atoms with Crippen LogP contribution in [0, 0.1) is 26.2 Å². The standard InChI is InChI=1S/C30H31N5OS/c1-20-8-12-23(13-9-20)16-25(17-32-29(36)28-22(3)33-19-37-28)35-27-7-5-4-6-26(27)34(30(35)31)18-24-14-10-21(2)11-15-24/h4-15,19,25,31H,16-18H2,1-3H3,(H,32,36). The monoisotopic (exact) mass is 509 g/mol. The van der Waals surface area contributed by atoms with E-state index in [1.807, 2.05) is 19.1 Å². The Morgan fingerprint density at radius 2 is 1.54 bits per heavy atom. The van der Waals surface area contributed by atoms with Crippen molar-refractivity contribution in [1.29, 1.82) is 5.41 Å². The molecule has 0 saturated carbocycles. The summed E-state index contributed by atoms with van der Waals surface area (Å²) in [5, 5.41) is 12.4. The molecule has 0 aliphatic carbocycles. The van der Waals surface area contributed by atoms with E-state index in [0.29, 0.717) is 30.0 Å². The number of rotatable bonds is 8. The minimum absolute atomic E-state index is 0.121. The summed E-state index contributed by atoms with van der Waals surface area (Å²) in [6.07, 6.45) is 0.692. The Bertz CT molecular complexity index is 1590. The van der Waals surface area contributed by atoms with Crippen molar-refractivity contribution in [2.45, 2.75) is 39.8 Å². The van der Waals surface area contributed by atoms with Crippen molar-refractivity contribution in [2.24, 2.45) is 0 Å². The number of para-hydroxylation sites is 2. The number of fused-ring (bicyclic) bond motifs is 1. The van der Waals surface area contributed by atoms with E-state index in [9.17, 15) is 10.2 Å². The molecule has 0 aliphatic heterocycles. The summed E-state index contributed by atoms with van der Waals surface area (Å²) in [6, 6.07) is 25.0. The molecule has 0 radical (unpaired) electrons. The molecular weight excluding hydrogens is 478 g/mol. The van der Waals surface area contributed by atoms with Crippen molar-refractivity contribution < 1.29 is 4.79 Å². The number of carbonyl (C=O) groups excluding carboxylic acids is 1. The minimum atomic E-state index is -0.142. The van der Waals surface area contributed by atoms with Crippen LogP contribution in [0.1, 0.15) is 43.7 Å². The quantitative estimate of drug-likeness (QED) is 0.287. The number of nitrogens with one attached hydrogen (secondary N) is 2. The highest BCUT2D eigenvalue weighted by atomic mass is 32.1. The summed E-state index contributed by atoms with van der Waals surface area (Å²) in [5.74, 6) is -0.121. The van der Waals surface area contributed by atoms with Crippen LogP contribution in [0.3, 0.4) is 0 Å². The van der Waals surface area contributed by atoms with Crippen LogP contribution in [-0.2, 0) is 13.0 Å². The molecule has 0 aliphatic rings. The molecule has 1 atom stereocenters. The maximum absolute atomic E-state index is 13.0. The van der Waals surface area contributed by atoms with Gasteiger partial charge in [0.1, 0.15) is 4.88 Å². The highest BCUT2D eigenvalue weighted by Gasteiger charge is 2.21. The van der Waals surface area contributed by atoms with Gasteiger partial charge in [-0.1, -0.05) is 71.8 Å². The molecule has 1 amide bonds. The Balaban J connectivity index is 1.54. The zero-order valence-corrected chi connectivity index (χ0v) is 22.2.